The summed E-state index contributed by atoms with van der Waals surface area (Å²) in [7, 11) is 0. The molecule has 3 nitrogen and oxygen atoms in total. The van der Waals surface area contributed by atoms with Gasteiger partial charge in [0.2, 0.25) is 5.91 Å². The summed E-state index contributed by atoms with van der Waals surface area (Å²) in [5.41, 5.74) is 4.44. The molecule has 0 bridgehead atoms. The minimum Gasteiger partial charge on any atom is -0.339 e. The highest BCUT2D eigenvalue weighted by Gasteiger charge is 2.36. The molecule has 0 N–H and O–H groups in total. The van der Waals surface area contributed by atoms with Crippen molar-refractivity contribution >= 4 is 17.5 Å². The van der Waals surface area contributed by atoms with Gasteiger partial charge in [-0.15, -0.1) is 0 Å². The second kappa shape index (κ2) is 8.02. The highest BCUT2D eigenvalue weighted by Crippen LogP contribution is 2.33. The van der Waals surface area contributed by atoms with Gasteiger partial charge in [-0.3, -0.25) is 9.78 Å². The summed E-state index contributed by atoms with van der Waals surface area (Å²) < 4.78 is 0. The van der Waals surface area contributed by atoms with Gasteiger partial charge in [0.05, 0.1) is 0 Å². The van der Waals surface area contributed by atoms with Gasteiger partial charge < -0.3 is 4.90 Å². The molecule has 1 aliphatic heterocycles. The predicted molar refractivity (Wildman–Crippen MR) is 110 cm³/mol. The minimum atomic E-state index is 0.0791. The number of pyridine rings is 1. The number of likely N-dealkylation sites (tertiary alicyclic amines) is 1. The number of rotatable bonds is 4. The Balaban J connectivity index is 1.47. The van der Waals surface area contributed by atoms with Crippen molar-refractivity contribution in [2.45, 2.75) is 57.9 Å². The third kappa shape index (κ3) is 3.89. The Bertz CT molecular complexity index is 829. The number of hydrogen-bond acceptors (Lipinski definition) is 2. The summed E-state index contributed by atoms with van der Waals surface area (Å²) in [6.07, 6.45) is 11.6. The van der Waals surface area contributed by atoms with Crippen LogP contribution in [0.3, 0.4) is 0 Å². The first-order valence-corrected chi connectivity index (χ1v) is 10.5. The van der Waals surface area contributed by atoms with Crippen LogP contribution in [0.2, 0.25) is 5.02 Å². The Morgan fingerprint density at radius 1 is 1.15 bits per heavy atom. The fourth-order valence-corrected chi connectivity index (χ4v) is 4.88. The molecular weight excluding hydrogens is 356 g/mol. The molecule has 2 aromatic rings. The third-order valence-corrected chi connectivity index (χ3v) is 6.59. The van der Waals surface area contributed by atoms with Crippen LogP contribution in [0.25, 0.3) is 11.1 Å². The highest BCUT2D eigenvalue weighted by atomic mass is 35.5. The van der Waals surface area contributed by atoms with Crippen molar-refractivity contribution in [3.8, 4) is 11.1 Å². The number of aromatic nitrogens is 1. The lowest BCUT2D eigenvalue weighted by Crippen LogP contribution is -2.39. The molecule has 2 heterocycles. The third-order valence-electron chi connectivity index (χ3n) is 6.24. The number of amides is 1. The molecule has 1 aromatic heterocycles. The number of carbonyl (C=O) groups is 1. The van der Waals surface area contributed by atoms with E-state index in [4.69, 9.17) is 11.6 Å². The van der Waals surface area contributed by atoms with Crippen molar-refractivity contribution in [3.05, 3.63) is 52.8 Å². The van der Waals surface area contributed by atoms with Gasteiger partial charge in [-0.1, -0.05) is 43.0 Å². The molecule has 1 amide bonds. The zero-order valence-corrected chi connectivity index (χ0v) is 16.7. The normalized spacial score (nSPS) is 21.0. The van der Waals surface area contributed by atoms with Crippen LogP contribution in [0.4, 0.5) is 0 Å². The quantitative estimate of drug-likeness (QED) is 0.705. The first-order valence-electron chi connectivity index (χ1n) is 10.1. The zero-order valence-electron chi connectivity index (χ0n) is 16.0. The van der Waals surface area contributed by atoms with Gasteiger partial charge in [0.15, 0.2) is 0 Å². The fourth-order valence-electron chi connectivity index (χ4n) is 4.62. The molecule has 1 unspecified atom stereocenters. The zero-order chi connectivity index (χ0) is 18.8. The van der Waals surface area contributed by atoms with Crippen molar-refractivity contribution in [1.82, 2.24) is 9.88 Å². The van der Waals surface area contributed by atoms with E-state index in [-0.39, 0.29) is 5.92 Å². The number of benzene rings is 1. The maximum Gasteiger partial charge on any atom is 0.226 e. The number of carbonyl (C=O) groups excluding carboxylic acids is 1. The molecule has 142 valence electrons. The number of halogens is 1. The Labute approximate surface area is 166 Å². The van der Waals surface area contributed by atoms with E-state index < -0.39 is 0 Å². The lowest BCUT2D eigenvalue weighted by Gasteiger charge is -2.31. The van der Waals surface area contributed by atoms with E-state index in [1.165, 1.54) is 37.7 Å². The first kappa shape index (κ1) is 18.5. The van der Waals surface area contributed by atoms with E-state index in [1.807, 2.05) is 18.3 Å². The average Bonchev–Trinajstić information content (AvgIpc) is 3.05. The second-order valence-electron chi connectivity index (χ2n) is 8.01. The summed E-state index contributed by atoms with van der Waals surface area (Å²) in [5.74, 6) is 0.417. The molecule has 1 atom stereocenters. The van der Waals surface area contributed by atoms with Gasteiger partial charge in [0.25, 0.3) is 0 Å². The summed E-state index contributed by atoms with van der Waals surface area (Å²) >= 11 is 6.60. The van der Waals surface area contributed by atoms with Gasteiger partial charge in [-0.05, 0) is 61.4 Å². The maximum atomic E-state index is 12.9. The summed E-state index contributed by atoms with van der Waals surface area (Å²) in [5, 5.41) is 0.750. The van der Waals surface area contributed by atoms with E-state index in [9.17, 15) is 4.79 Å². The molecule has 4 heteroatoms. The van der Waals surface area contributed by atoms with Crippen molar-refractivity contribution in [2.24, 2.45) is 5.92 Å². The molecule has 1 saturated heterocycles. The Kier molecular flexibility index (Phi) is 5.49. The number of hydrogen-bond donors (Lipinski definition) is 0. The van der Waals surface area contributed by atoms with Crippen LogP contribution in [0.1, 0.15) is 49.7 Å². The van der Waals surface area contributed by atoms with Crippen LogP contribution in [0.5, 0.6) is 0 Å². The average molecular weight is 383 g/mol. The standard InChI is InChI=1S/C23H27ClN2O/c1-16-9-11-25-15-21(16)17-7-8-18(22(24)14-17)13-19-10-12-26(23(19)27)20-5-3-2-4-6-20/h7-9,11,14-15,19-20H,2-6,10,12-13H2,1H3. The monoisotopic (exact) mass is 382 g/mol. The molecule has 4 rings (SSSR count). The molecule has 0 radical (unpaired) electrons. The molecule has 27 heavy (non-hydrogen) atoms. The molecular formula is C23H27ClN2O. The van der Waals surface area contributed by atoms with E-state index in [1.54, 1.807) is 6.20 Å². The Hall–Kier alpha value is -1.87. The van der Waals surface area contributed by atoms with Crippen LogP contribution in [-0.2, 0) is 11.2 Å². The molecule has 1 saturated carbocycles. The predicted octanol–water partition coefficient (Wildman–Crippen LogP) is 5.43. The van der Waals surface area contributed by atoms with Crippen molar-refractivity contribution in [3.63, 3.8) is 0 Å². The Morgan fingerprint density at radius 3 is 2.70 bits per heavy atom. The van der Waals surface area contributed by atoms with E-state index in [0.717, 1.165) is 41.1 Å². The van der Waals surface area contributed by atoms with Gasteiger partial charge in [-0.25, -0.2) is 0 Å². The van der Waals surface area contributed by atoms with Crippen molar-refractivity contribution < 1.29 is 4.79 Å². The van der Waals surface area contributed by atoms with E-state index in [2.05, 4.69) is 28.9 Å². The SMILES string of the molecule is Cc1ccncc1-c1ccc(CC2CCN(C3CCCCC3)C2=O)c(Cl)c1. The second-order valence-corrected chi connectivity index (χ2v) is 8.42. The largest absolute Gasteiger partial charge is 0.339 e. The van der Waals surface area contributed by atoms with Crippen LogP contribution in [-0.4, -0.2) is 28.4 Å². The van der Waals surface area contributed by atoms with E-state index >= 15 is 0 Å². The first-order chi connectivity index (χ1) is 13.1. The van der Waals surface area contributed by atoms with Crippen LogP contribution < -0.4 is 0 Å². The summed E-state index contributed by atoms with van der Waals surface area (Å²) in [4.78, 5) is 19.3. The smallest absolute Gasteiger partial charge is 0.226 e. The fraction of sp³-hybridized carbons (Fsp3) is 0.478. The van der Waals surface area contributed by atoms with E-state index in [0.29, 0.717) is 11.9 Å². The lowest BCUT2D eigenvalue weighted by atomic mass is 9.93. The van der Waals surface area contributed by atoms with Crippen LogP contribution in [0.15, 0.2) is 36.7 Å². The molecule has 0 spiro atoms. The van der Waals surface area contributed by atoms with Gasteiger partial charge in [-0.2, -0.15) is 0 Å². The van der Waals surface area contributed by atoms with Crippen molar-refractivity contribution in [2.75, 3.05) is 6.54 Å². The highest BCUT2D eigenvalue weighted by molar-refractivity contribution is 6.31. The number of nitrogens with zero attached hydrogens (tertiary/aromatic N) is 2. The molecule has 1 aliphatic carbocycles. The molecule has 2 aliphatic rings. The maximum absolute atomic E-state index is 12.9. The topological polar surface area (TPSA) is 33.2 Å². The lowest BCUT2D eigenvalue weighted by molar-refractivity contribution is -0.133. The van der Waals surface area contributed by atoms with Gasteiger partial charge in [0.1, 0.15) is 0 Å². The molecule has 1 aromatic carbocycles. The van der Waals surface area contributed by atoms with Crippen LogP contribution in [0, 0.1) is 12.8 Å². The summed E-state index contributed by atoms with van der Waals surface area (Å²) in [6.45, 7) is 2.99. The summed E-state index contributed by atoms with van der Waals surface area (Å²) in [6, 6.07) is 8.68. The van der Waals surface area contributed by atoms with Crippen molar-refractivity contribution in [1.29, 1.82) is 0 Å². The van der Waals surface area contributed by atoms with Crippen LogP contribution >= 0.6 is 11.6 Å². The molecule has 2 fully saturated rings. The van der Waals surface area contributed by atoms with Gasteiger partial charge >= 0.3 is 0 Å². The number of aryl methyl sites for hydroxylation is 1. The Morgan fingerprint density at radius 2 is 1.96 bits per heavy atom. The van der Waals surface area contributed by atoms with Gasteiger partial charge in [0, 0.05) is 41.5 Å². The minimum absolute atomic E-state index is 0.0791.